The molecule has 17 heavy (non-hydrogen) atoms. The van der Waals surface area contributed by atoms with Crippen molar-refractivity contribution < 1.29 is 0 Å². The molecule has 0 radical (unpaired) electrons. The molecule has 0 aromatic heterocycles. The van der Waals surface area contributed by atoms with Gasteiger partial charge < -0.3 is 16.0 Å². The summed E-state index contributed by atoms with van der Waals surface area (Å²) < 4.78 is 0. The van der Waals surface area contributed by atoms with Gasteiger partial charge in [-0.05, 0) is 25.6 Å². The highest BCUT2D eigenvalue weighted by Gasteiger charge is 1.99. The van der Waals surface area contributed by atoms with Gasteiger partial charge in [-0.15, -0.1) is 0 Å². The number of rotatable bonds is 6. The summed E-state index contributed by atoms with van der Waals surface area (Å²) in [6, 6.07) is 10.5. The van der Waals surface area contributed by atoms with E-state index in [-0.39, 0.29) is 0 Å². The lowest BCUT2D eigenvalue weighted by Crippen LogP contribution is -2.33. The fourth-order valence-corrected chi connectivity index (χ4v) is 1.62. The van der Waals surface area contributed by atoms with E-state index in [1.54, 1.807) is 7.05 Å². The molecule has 0 aliphatic rings. The van der Waals surface area contributed by atoms with Crippen LogP contribution in [0.4, 0.5) is 0 Å². The van der Waals surface area contributed by atoms with Crippen LogP contribution in [0.3, 0.4) is 0 Å². The summed E-state index contributed by atoms with van der Waals surface area (Å²) in [5, 5.41) is 3.05. The maximum atomic E-state index is 5.54. The standard InChI is InChI=1S/C13H22N4/c1-15-13(14)16-9-6-10-17(2)11-12-7-4-3-5-8-12/h3-5,7-8H,6,9-11H2,1-2H3,(H3,14,15,16). The minimum Gasteiger partial charge on any atom is -0.370 e. The quantitative estimate of drug-likeness (QED) is 0.439. The fraction of sp³-hybridized carbons (Fsp3) is 0.462. The first-order valence-electron chi connectivity index (χ1n) is 5.91. The van der Waals surface area contributed by atoms with Gasteiger partial charge in [0.2, 0.25) is 0 Å². The number of aliphatic imine (C=N–C) groups is 1. The number of hydrogen-bond acceptors (Lipinski definition) is 2. The summed E-state index contributed by atoms with van der Waals surface area (Å²) in [5.41, 5.74) is 6.88. The van der Waals surface area contributed by atoms with Crippen LogP contribution in [0, 0.1) is 0 Å². The van der Waals surface area contributed by atoms with Crippen molar-refractivity contribution >= 4 is 5.96 Å². The molecule has 0 heterocycles. The summed E-state index contributed by atoms with van der Waals surface area (Å²) in [7, 11) is 3.81. The van der Waals surface area contributed by atoms with Crippen molar-refractivity contribution in [3.05, 3.63) is 35.9 Å². The van der Waals surface area contributed by atoms with E-state index in [1.807, 2.05) is 6.07 Å². The van der Waals surface area contributed by atoms with Crippen molar-refractivity contribution in [1.82, 2.24) is 10.2 Å². The summed E-state index contributed by atoms with van der Waals surface area (Å²) in [5.74, 6) is 0.510. The highest BCUT2D eigenvalue weighted by Crippen LogP contribution is 2.02. The number of nitrogens with zero attached hydrogens (tertiary/aromatic N) is 2. The summed E-state index contributed by atoms with van der Waals surface area (Å²) in [6.45, 7) is 2.89. The molecule has 0 fully saturated rings. The van der Waals surface area contributed by atoms with Crippen molar-refractivity contribution in [2.45, 2.75) is 13.0 Å². The summed E-state index contributed by atoms with van der Waals surface area (Å²) >= 11 is 0. The van der Waals surface area contributed by atoms with Crippen LogP contribution in [-0.4, -0.2) is 38.0 Å². The van der Waals surface area contributed by atoms with Crippen LogP contribution in [0.2, 0.25) is 0 Å². The average Bonchev–Trinajstić information content (AvgIpc) is 2.35. The minimum absolute atomic E-state index is 0.510. The Balaban J connectivity index is 2.16. The van der Waals surface area contributed by atoms with Crippen LogP contribution in [0.1, 0.15) is 12.0 Å². The maximum absolute atomic E-state index is 5.54. The van der Waals surface area contributed by atoms with E-state index in [2.05, 4.69) is 46.5 Å². The van der Waals surface area contributed by atoms with Crippen molar-refractivity contribution in [3.8, 4) is 0 Å². The highest BCUT2D eigenvalue weighted by molar-refractivity contribution is 5.77. The minimum atomic E-state index is 0.510. The van der Waals surface area contributed by atoms with Gasteiger partial charge >= 0.3 is 0 Å². The van der Waals surface area contributed by atoms with Gasteiger partial charge in [-0.1, -0.05) is 30.3 Å². The predicted octanol–water partition coefficient (Wildman–Crippen LogP) is 1.04. The van der Waals surface area contributed by atoms with E-state index >= 15 is 0 Å². The molecule has 0 amide bonds. The molecular formula is C13H22N4. The third-order valence-electron chi connectivity index (χ3n) is 2.56. The zero-order valence-electron chi connectivity index (χ0n) is 10.7. The number of nitrogens with two attached hydrogens (primary N) is 1. The number of hydrogen-bond donors (Lipinski definition) is 2. The Morgan fingerprint density at radius 2 is 2.06 bits per heavy atom. The molecule has 0 bridgehead atoms. The Hall–Kier alpha value is -1.55. The maximum Gasteiger partial charge on any atom is 0.188 e. The number of benzene rings is 1. The van der Waals surface area contributed by atoms with Gasteiger partial charge in [0, 0.05) is 20.1 Å². The topological polar surface area (TPSA) is 53.6 Å². The molecular weight excluding hydrogens is 212 g/mol. The number of nitrogens with one attached hydrogen (secondary N) is 1. The summed E-state index contributed by atoms with van der Waals surface area (Å²) in [6.07, 6.45) is 1.06. The Morgan fingerprint density at radius 1 is 1.35 bits per heavy atom. The third-order valence-corrected chi connectivity index (χ3v) is 2.56. The molecule has 0 unspecified atom stereocenters. The van der Waals surface area contributed by atoms with E-state index in [9.17, 15) is 0 Å². The Bertz CT molecular complexity index is 335. The smallest absolute Gasteiger partial charge is 0.188 e. The third kappa shape index (κ3) is 5.92. The molecule has 1 rings (SSSR count). The molecule has 0 spiro atoms. The summed E-state index contributed by atoms with van der Waals surface area (Å²) in [4.78, 5) is 6.14. The fourth-order valence-electron chi connectivity index (χ4n) is 1.62. The molecule has 1 aromatic rings. The van der Waals surface area contributed by atoms with Crippen LogP contribution in [0.5, 0.6) is 0 Å². The molecule has 94 valence electrons. The largest absolute Gasteiger partial charge is 0.370 e. The van der Waals surface area contributed by atoms with Crippen molar-refractivity contribution in [1.29, 1.82) is 0 Å². The molecule has 4 heteroatoms. The van der Waals surface area contributed by atoms with Crippen LogP contribution in [-0.2, 0) is 6.54 Å². The Labute approximate surface area is 104 Å². The average molecular weight is 234 g/mol. The van der Waals surface area contributed by atoms with E-state index in [0.717, 1.165) is 26.1 Å². The molecule has 3 N–H and O–H groups in total. The van der Waals surface area contributed by atoms with Crippen molar-refractivity contribution in [3.63, 3.8) is 0 Å². The second kappa shape index (κ2) is 7.68. The lowest BCUT2D eigenvalue weighted by molar-refractivity contribution is 0.322. The Kier molecular flexibility index (Phi) is 6.10. The van der Waals surface area contributed by atoms with Gasteiger partial charge in [0.1, 0.15) is 0 Å². The zero-order chi connectivity index (χ0) is 12.5. The molecule has 4 nitrogen and oxygen atoms in total. The van der Waals surface area contributed by atoms with Crippen LogP contribution in [0.15, 0.2) is 35.3 Å². The molecule has 0 aliphatic carbocycles. The first kappa shape index (κ1) is 13.5. The second-order valence-corrected chi connectivity index (χ2v) is 4.11. The monoisotopic (exact) mass is 234 g/mol. The zero-order valence-corrected chi connectivity index (χ0v) is 10.7. The highest BCUT2D eigenvalue weighted by atomic mass is 15.1. The van der Waals surface area contributed by atoms with Crippen LogP contribution >= 0.6 is 0 Å². The number of guanidine groups is 1. The van der Waals surface area contributed by atoms with Gasteiger partial charge in [-0.2, -0.15) is 0 Å². The van der Waals surface area contributed by atoms with E-state index < -0.39 is 0 Å². The predicted molar refractivity (Wildman–Crippen MR) is 72.9 cm³/mol. The van der Waals surface area contributed by atoms with Crippen molar-refractivity contribution in [2.24, 2.45) is 10.7 Å². The lowest BCUT2D eigenvalue weighted by Gasteiger charge is -2.16. The van der Waals surface area contributed by atoms with Crippen molar-refractivity contribution in [2.75, 3.05) is 27.2 Å². The SMILES string of the molecule is CN=C(N)NCCCN(C)Cc1ccccc1. The molecule has 0 saturated carbocycles. The van der Waals surface area contributed by atoms with Gasteiger partial charge in [0.25, 0.3) is 0 Å². The first-order chi connectivity index (χ1) is 8.22. The van der Waals surface area contributed by atoms with E-state index in [4.69, 9.17) is 5.73 Å². The van der Waals surface area contributed by atoms with Gasteiger partial charge in [-0.25, -0.2) is 0 Å². The van der Waals surface area contributed by atoms with Gasteiger partial charge in [-0.3, -0.25) is 4.99 Å². The Morgan fingerprint density at radius 3 is 2.71 bits per heavy atom. The second-order valence-electron chi connectivity index (χ2n) is 4.11. The van der Waals surface area contributed by atoms with Crippen LogP contribution < -0.4 is 11.1 Å². The lowest BCUT2D eigenvalue weighted by atomic mass is 10.2. The van der Waals surface area contributed by atoms with Crippen LogP contribution in [0.25, 0.3) is 0 Å². The molecule has 1 aromatic carbocycles. The molecule has 0 saturated heterocycles. The molecule has 0 aliphatic heterocycles. The normalized spacial score (nSPS) is 11.8. The van der Waals surface area contributed by atoms with E-state index in [0.29, 0.717) is 5.96 Å². The van der Waals surface area contributed by atoms with Gasteiger partial charge in [0.05, 0.1) is 0 Å². The first-order valence-corrected chi connectivity index (χ1v) is 5.91. The van der Waals surface area contributed by atoms with Gasteiger partial charge in [0.15, 0.2) is 5.96 Å². The van der Waals surface area contributed by atoms with E-state index in [1.165, 1.54) is 5.56 Å². The molecule has 0 atom stereocenters.